The van der Waals surface area contributed by atoms with Crippen LogP contribution in [-0.4, -0.2) is 19.1 Å². The topological polar surface area (TPSA) is 64.3 Å². The van der Waals surface area contributed by atoms with Gasteiger partial charge in [-0.3, -0.25) is 4.79 Å². The second-order valence-corrected chi connectivity index (χ2v) is 5.37. The molecule has 3 N–H and O–H groups in total. The quantitative estimate of drug-likeness (QED) is 0.839. The van der Waals surface area contributed by atoms with Crippen LogP contribution in [0.25, 0.3) is 0 Å². The Morgan fingerprint density at radius 2 is 2.20 bits per heavy atom. The fourth-order valence-corrected chi connectivity index (χ4v) is 2.80. The molecule has 2 unspecified atom stereocenters. The van der Waals surface area contributed by atoms with Crippen molar-refractivity contribution in [3.8, 4) is 5.75 Å². The second-order valence-electron chi connectivity index (χ2n) is 5.37. The van der Waals surface area contributed by atoms with Gasteiger partial charge >= 0.3 is 0 Å². The third kappa shape index (κ3) is 3.51. The van der Waals surface area contributed by atoms with Crippen LogP contribution in [-0.2, 0) is 4.79 Å². The van der Waals surface area contributed by atoms with Crippen LogP contribution in [0.5, 0.6) is 5.75 Å². The number of anilines is 1. The van der Waals surface area contributed by atoms with Crippen LogP contribution in [0.4, 0.5) is 5.69 Å². The number of rotatable bonds is 6. The third-order valence-corrected chi connectivity index (χ3v) is 3.91. The molecule has 110 valence electrons. The largest absolute Gasteiger partial charge is 0.491 e. The molecule has 2 atom stereocenters. The van der Waals surface area contributed by atoms with Gasteiger partial charge in [-0.05, 0) is 43.9 Å². The molecule has 20 heavy (non-hydrogen) atoms. The summed E-state index contributed by atoms with van der Waals surface area (Å²) >= 11 is 0. The number of benzene rings is 1. The molecule has 0 aromatic heterocycles. The lowest BCUT2D eigenvalue weighted by Crippen LogP contribution is -2.29. The second kappa shape index (κ2) is 7.29. The van der Waals surface area contributed by atoms with Crippen LogP contribution in [0, 0.1) is 11.8 Å². The SMILES string of the molecule is CCCOc1ccccc1NC(=O)C1CCCC1CN. The van der Waals surface area contributed by atoms with Gasteiger partial charge in [-0.1, -0.05) is 25.5 Å². The number of hydrogen-bond acceptors (Lipinski definition) is 3. The van der Waals surface area contributed by atoms with E-state index in [2.05, 4.69) is 12.2 Å². The number of nitrogens with two attached hydrogens (primary N) is 1. The summed E-state index contributed by atoms with van der Waals surface area (Å²) in [6, 6.07) is 7.60. The zero-order valence-corrected chi connectivity index (χ0v) is 12.1. The molecule has 1 aliphatic carbocycles. The Kier molecular flexibility index (Phi) is 5.41. The van der Waals surface area contributed by atoms with Crippen molar-refractivity contribution in [2.45, 2.75) is 32.6 Å². The van der Waals surface area contributed by atoms with Crippen LogP contribution in [0.1, 0.15) is 32.6 Å². The standard InChI is InChI=1S/C16H24N2O2/c1-2-10-20-15-9-4-3-8-14(15)18-16(19)13-7-5-6-12(13)11-17/h3-4,8-9,12-13H,2,5-7,10-11,17H2,1H3,(H,18,19). The van der Waals surface area contributed by atoms with Gasteiger partial charge in [-0.25, -0.2) is 0 Å². The Bertz CT molecular complexity index is 448. The van der Waals surface area contributed by atoms with E-state index < -0.39 is 0 Å². The van der Waals surface area contributed by atoms with Gasteiger partial charge in [0.05, 0.1) is 12.3 Å². The lowest BCUT2D eigenvalue weighted by molar-refractivity contribution is -0.120. The highest BCUT2D eigenvalue weighted by Gasteiger charge is 2.32. The molecule has 0 saturated heterocycles. The molecule has 1 fully saturated rings. The van der Waals surface area contributed by atoms with Crippen LogP contribution < -0.4 is 15.8 Å². The van der Waals surface area contributed by atoms with Crippen molar-refractivity contribution in [3.63, 3.8) is 0 Å². The smallest absolute Gasteiger partial charge is 0.227 e. The number of amides is 1. The number of nitrogens with one attached hydrogen (secondary N) is 1. The monoisotopic (exact) mass is 276 g/mol. The maximum atomic E-state index is 12.4. The van der Waals surface area contributed by atoms with Crippen molar-refractivity contribution in [1.29, 1.82) is 0 Å². The lowest BCUT2D eigenvalue weighted by atomic mass is 9.95. The minimum atomic E-state index is 0.0410. The Hall–Kier alpha value is -1.55. The van der Waals surface area contributed by atoms with Crippen LogP contribution in [0.3, 0.4) is 0 Å². The zero-order valence-electron chi connectivity index (χ0n) is 12.1. The Morgan fingerprint density at radius 3 is 2.95 bits per heavy atom. The van der Waals surface area contributed by atoms with E-state index in [0.29, 0.717) is 19.1 Å². The lowest BCUT2D eigenvalue weighted by Gasteiger charge is -2.18. The van der Waals surface area contributed by atoms with E-state index in [9.17, 15) is 4.79 Å². The van der Waals surface area contributed by atoms with E-state index in [1.165, 1.54) is 0 Å². The van der Waals surface area contributed by atoms with E-state index in [-0.39, 0.29) is 11.8 Å². The highest BCUT2D eigenvalue weighted by molar-refractivity contribution is 5.94. The van der Waals surface area contributed by atoms with Gasteiger partial charge in [0.1, 0.15) is 5.75 Å². The Labute approximate surface area is 120 Å². The van der Waals surface area contributed by atoms with Crippen molar-refractivity contribution >= 4 is 11.6 Å². The van der Waals surface area contributed by atoms with Gasteiger partial charge in [0.2, 0.25) is 5.91 Å². The average molecular weight is 276 g/mol. The molecule has 1 aromatic rings. The van der Waals surface area contributed by atoms with Gasteiger partial charge in [0, 0.05) is 5.92 Å². The minimum absolute atomic E-state index is 0.0410. The molecule has 1 aliphatic rings. The molecular weight excluding hydrogens is 252 g/mol. The summed E-state index contributed by atoms with van der Waals surface area (Å²) in [6.45, 7) is 3.30. The molecule has 1 aromatic carbocycles. The minimum Gasteiger partial charge on any atom is -0.491 e. The molecule has 4 heteroatoms. The average Bonchev–Trinajstić information content (AvgIpc) is 2.95. The molecule has 1 saturated carbocycles. The number of carbonyl (C=O) groups excluding carboxylic acids is 1. The van der Waals surface area contributed by atoms with Crippen LogP contribution in [0.15, 0.2) is 24.3 Å². The van der Waals surface area contributed by atoms with Gasteiger partial charge in [0.15, 0.2) is 0 Å². The predicted octanol–water partition coefficient (Wildman–Crippen LogP) is 2.79. The number of para-hydroxylation sites is 2. The number of carbonyl (C=O) groups is 1. The zero-order chi connectivity index (χ0) is 14.4. The van der Waals surface area contributed by atoms with E-state index in [0.717, 1.165) is 37.1 Å². The molecule has 2 rings (SSSR count). The van der Waals surface area contributed by atoms with Crippen molar-refractivity contribution in [3.05, 3.63) is 24.3 Å². The van der Waals surface area contributed by atoms with Crippen molar-refractivity contribution in [1.82, 2.24) is 0 Å². The number of ether oxygens (including phenoxy) is 1. The van der Waals surface area contributed by atoms with Gasteiger partial charge in [-0.2, -0.15) is 0 Å². The van der Waals surface area contributed by atoms with E-state index in [1.807, 2.05) is 24.3 Å². The summed E-state index contributed by atoms with van der Waals surface area (Å²) in [5.74, 6) is 1.17. The van der Waals surface area contributed by atoms with E-state index in [4.69, 9.17) is 10.5 Å². The Morgan fingerprint density at radius 1 is 1.40 bits per heavy atom. The first kappa shape index (κ1) is 14.9. The summed E-state index contributed by atoms with van der Waals surface area (Å²) < 4.78 is 5.66. The molecular formula is C16H24N2O2. The molecule has 0 heterocycles. The van der Waals surface area contributed by atoms with Crippen LogP contribution in [0.2, 0.25) is 0 Å². The number of hydrogen-bond donors (Lipinski definition) is 2. The molecule has 0 aliphatic heterocycles. The molecule has 1 amide bonds. The maximum absolute atomic E-state index is 12.4. The highest BCUT2D eigenvalue weighted by Crippen LogP contribution is 2.33. The molecule has 0 bridgehead atoms. The molecule has 0 radical (unpaired) electrons. The highest BCUT2D eigenvalue weighted by atomic mass is 16.5. The summed E-state index contributed by atoms with van der Waals surface area (Å²) in [4.78, 5) is 12.4. The van der Waals surface area contributed by atoms with Crippen molar-refractivity contribution < 1.29 is 9.53 Å². The fourth-order valence-electron chi connectivity index (χ4n) is 2.80. The molecule has 4 nitrogen and oxygen atoms in total. The maximum Gasteiger partial charge on any atom is 0.227 e. The van der Waals surface area contributed by atoms with E-state index >= 15 is 0 Å². The van der Waals surface area contributed by atoms with Gasteiger partial charge in [0.25, 0.3) is 0 Å². The first-order chi connectivity index (χ1) is 9.76. The van der Waals surface area contributed by atoms with Crippen molar-refractivity contribution in [2.75, 3.05) is 18.5 Å². The summed E-state index contributed by atoms with van der Waals surface area (Å²) in [5, 5.41) is 3.01. The summed E-state index contributed by atoms with van der Waals surface area (Å²) in [5.41, 5.74) is 6.50. The normalized spacial score (nSPS) is 21.7. The first-order valence-corrected chi connectivity index (χ1v) is 7.49. The van der Waals surface area contributed by atoms with Gasteiger partial charge in [-0.15, -0.1) is 0 Å². The third-order valence-electron chi connectivity index (χ3n) is 3.91. The van der Waals surface area contributed by atoms with E-state index in [1.54, 1.807) is 0 Å². The van der Waals surface area contributed by atoms with Crippen molar-refractivity contribution in [2.24, 2.45) is 17.6 Å². The summed E-state index contributed by atoms with van der Waals surface area (Å²) in [6.07, 6.45) is 4.03. The summed E-state index contributed by atoms with van der Waals surface area (Å²) in [7, 11) is 0. The Balaban J connectivity index is 2.03. The molecule has 0 spiro atoms. The van der Waals surface area contributed by atoms with Crippen LogP contribution >= 0.6 is 0 Å². The first-order valence-electron chi connectivity index (χ1n) is 7.49. The van der Waals surface area contributed by atoms with Gasteiger partial charge < -0.3 is 15.8 Å². The predicted molar refractivity (Wildman–Crippen MR) is 80.7 cm³/mol. The fraction of sp³-hybridized carbons (Fsp3) is 0.562.